The number of aryl methyl sites for hydroxylation is 1. The number of aromatic nitrogens is 2. The van der Waals surface area contributed by atoms with Gasteiger partial charge in [0.15, 0.2) is 0 Å². The molecule has 0 aliphatic carbocycles. The van der Waals surface area contributed by atoms with Crippen LogP contribution in [0.4, 0.5) is 0 Å². The monoisotopic (exact) mass is 204 g/mol. The van der Waals surface area contributed by atoms with Crippen LogP contribution in [0.5, 0.6) is 0 Å². The third kappa shape index (κ3) is 2.43. The second-order valence-corrected chi connectivity index (χ2v) is 3.26. The van der Waals surface area contributed by atoms with Gasteiger partial charge in [-0.25, -0.2) is 4.98 Å². The van der Waals surface area contributed by atoms with Crippen LogP contribution in [0.2, 0.25) is 0 Å². The van der Waals surface area contributed by atoms with E-state index in [1.165, 1.54) is 0 Å². The number of hydrogen-bond donors (Lipinski definition) is 2. The van der Waals surface area contributed by atoms with E-state index in [0.29, 0.717) is 18.1 Å². The van der Waals surface area contributed by atoms with Gasteiger partial charge in [-0.05, 0) is 6.42 Å². The first kappa shape index (κ1) is 10.5. The molecular formula is C8H13ClN2O2. The topological polar surface area (TPSA) is 58.3 Å². The van der Waals surface area contributed by atoms with Crippen molar-refractivity contribution >= 4 is 11.6 Å². The molecule has 1 heterocycles. The summed E-state index contributed by atoms with van der Waals surface area (Å²) < 4.78 is 1.67. The van der Waals surface area contributed by atoms with Crippen LogP contribution in [-0.2, 0) is 7.05 Å². The molecule has 0 aliphatic rings. The number of aliphatic hydroxyl groups is 2. The summed E-state index contributed by atoms with van der Waals surface area (Å²) in [5.74, 6) is 0.778. The second-order valence-electron chi connectivity index (χ2n) is 2.89. The minimum Gasteiger partial charge on any atom is -0.390 e. The summed E-state index contributed by atoms with van der Waals surface area (Å²) in [6.45, 7) is 0. The molecule has 2 unspecified atom stereocenters. The smallest absolute Gasteiger partial charge is 0.140 e. The van der Waals surface area contributed by atoms with Gasteiger partial charge in [-0.1, -0.05) is 0 Å². The van der Waals surface area contributed by atoms with E-state index in [0.717, 1.165) is 0 Å². The molecule has 0 radical (unpaired) electrons. The fourth-order valence-corrected chi connectivity index (χ4v) is 1.33. The summed E-state index contributed by atoms with van der Waals surface area (Å²) in [5, 5.41) is 19.0. The zero-order valence-electron chi connectivity index (χ0n) is 7.39. The zero-order chi connectivity index (χ0) is 9.84. The largest absolute Gasteiger partial charge is 0.390 e. The Morgan fingerprint density at radius 1 is 1.62 bits per heavy atom. The molecule has 74 valence electrons. The van der Waals surface area contributed by atoms with Gasteiger partial charge < -0.3 is 14.8 Å². The SMILES string of the molecule is Cn1ccnc1C(O)C(O)CCCl. The van der Waals surface area contributed by atoms with Crippen LogP contribution < -0.4 is 0 Å². The first-order valence-electron chi connectivity index (χ1n) is 4.06. The highest BCUT2D eigenvalue weighted by Gasteiger charge is 2.20. The van der Waals surface area contributed by atoms with Gasteiger partial charge in [-0.15, -0.1) is 11.6 Å². The number of aliphatic hydroxyl groups excluding tert-OH is 2. The number of alkyl halides is 1. The standard InChI is InChI=1S/C8H13ClN2O2/c1-11-5-4-10-8(11)7(13)6(12)2-3-9/h4-7,12-13H,2-3H2,1H3. The van der Waals surface area contributed by atoms with E-state index in [4.69, 9.17) is 11.6 Å². The molecule has 13 heavy (non-hydrogen) atoms. The number of rotatable bonds is 4. The van der Waals surface area contributed by atoms with Crippen molar-refractivity contribution < 1.29 is 10.2 Å². The van der Waals surface area contributed by atoms with Crippen molar-refractivity contribution in [3.05, 3.63) is 18.2 Å². The van der Waals surface area contributed by atoms with Crippen LogP contribution in [0, 0.1) is 0 Å². The molecule has 0 saturated heterocycles. The van der Waals surface area contributed by atoms with Crippen molar-refractivity contribution in [1.29, 1.82) is 0 Å². The third-order valence-electron chi connectivity index (χ3n) is 1.89. The Hall–Kier alpha value is -0.580. The Morgan fingerprint density at radius 3 is 2.77 bits per heavy atom. The number of halogens is 1. The summed E-state index contributed by atoms with van der Waals surface area (Å²) in [4.78, 5) is 3.93. The number of imidazole rings is 1. The third-order valence-corrected chi connectivity index (χ3v) is 2.11. The Bertz CT molecular complexity index is 264. The molecule has 0 aromatic carbocycles. The van der Waals surface area contributed by atoms with Gasteiger partial charge in [-0.3, -0.25) is 0 Å². The molecule has 1 aromatic rings. The average Bonchev–Trinajstić information content (AvgIpc) is 2.50. The maximum Gasteiger partial charge on any atom is 0.140 e. The van der Waals surface area contributed by atoms with Crippen molar-refractivity contribution in [2.45, 2.75) is 18.6 Å². The van der Waals surface area contributed by atoms with E-state index in [2.05, 4.69) is 4.98 Å². The zero-order valence-corrected chi connectivity index (χ0v) is 8.15. The predicted octanol–water partition coefficient (Wildman–Crippen LogP) is 0.443. The van der Waals surface area contributed by atoms with E-state index in [1.807, 2.05) is 0 Å². The van der Waals surface area contributed by atoms with E-state index in [1.54, 1.807) is 24.0 Å². The highest BCUT2D eigenvalue weighted by atomic mass is 35.5. The van der Waals surface area contributed by atoms with Gasteiger partial charge in [0.2, 0.25) is 0 Å². The van der Waals surface area contributed by atoms with Gasteiger partial charge in [0.25, 0.3) is 0 Å². The molecule has 0 bridgehead atoms. The molecule has 5 heteroatoms. The Balaban J connectivity index is 2.67. The number of nitrogens with zero attached hydrogens (tertiary/aromatic N) is 2. The molecule has 2 atom stereocenters. The number of hydrogen-bond acceptors (Lipinski definition) is 3. The van der Waals surface area contributed by atoms with Gasteiger partial charge in [0, 0.05) is 25.3 Å². The second kappa shape index (κ2) is 4.60. The van der Waals surface area contributed by atoms with Gasteiger partial charge in [0.05, 0.1) is 6.10 Å². The maximum absolute atomic E-state index is 9.60. The minimum atomic E-state index is -0.959. The molecule has 0 aliphatic heterocycles. The molecule has 4 nitrogen and oxygen atoms in total. The van der Waals surface area contributed by atoms with Crippen LogP contribution in [0.25, 0.3) is 0 Å². The minimum absolute atomic E-state index is 0.322. The molecule has 0 fully saturated rings. The molecule has 0 spiro atoms. The van der Waals surface area contributed by atoms with E-state index >= 15 is 0 Å². The highest BCUT2D eigenvalue weighted by Crippen LogP contribution is 2.16. The lowest BCUT2D eigenvalue weighted by Crippen LogP contribution is -2.21. The van der Waals surface area contributed by atoms with Crippen molar-refractivity contribution in [1.82, 2.24) is 9.55 Å². The van der Waals surface area contributed by atoms with Crippen LogP contribution in [0.3, 0.4) is 0 Å². The van der Waals surface area contributed by atoms with Gasteiger partial charge in [0.1, 0.15) is 11.9 Å². The Morgan fingerprint density at radius 2 is 2.31 bits per heavy atom. The molecular weight excluding hydrogens is 192 g/mol. The van der Waals surface area contributed by atoms with Crippen LogP contribution >= 0.6 is 11.6 Å². The lowest BCUT2D eigenvalue weighted by molar-refractivity contribution is 0.0101. The van der Waals surface area contributed by atoms with Gasteiger partial charge in [-0.2, -0.15) is 0 Å². The Kier molecular flexibility index (Phi) is 3.71. The predicted molar refractivity (Wildman–Crippen MR) is 49.5 cm³/mol. The summed E-state index contributed by atoms with van der Waals surface area (Å²) in [7, 11) is 1.76. The Labute approximate surface area is 81.8 Å². The summed E-state index contributed by atoms with van der Waals surface area (Å²) in [6.07, 6.45) is 1.84. The van der Waals surface area contributed by atoms with Crippen molar-refractivity contribution in [3.8, 4) is 0 Å². The van der Waals surface area contributed by atoms with Crippen LogP contribution in [0.1, 0.15) is 18.3 Å². The summed E-state index contributed by atoms with van der Waals surface area (Å²) >= 11 is 5.44. The van der Waals surface area contributed by atoms with Crippen molar-refractivity contribution in [2.75, 3.05) is 5.88 Å². The first-order chi connectivity index (χ1) is 6.16. The van der Waals surface area contributed by atoms with E-state index in [-0.39, 0.29) is 0 Å². The molecule has 0 amide bonds. The summed E-state index contributed by atoms with van der Waals surface area (Å²) in [6, 6.07) is 0. The molecule has 1 aromatic heterocycles. The van der Waals surface area contributed by atoms with E-state index < -0.39 is 12.2 Å². The molecule has 1 rings (SSSR count). The maximum atomic E-state index is 9.60. The average molecular weight is 205 g/mol. The lowest BCUT2D eigenvalue weighted by Gasteiger charge is -2.16. The van der Waals surface area contributed by atoms with Crippen LogP contribution in [0.15, 0.2) is 12.4 Å². The van der Waals surface area contributed by atoms with Crippen LogP contribution in [-0.4, -0.2) is 31.7 Å². The van der Waals surface area contributed by atoms with E-state index in [9.17, 15) is 10.2 Å². The normalized spacial score (nSPS) is 15.7. The molecule has 2 N–H and O–H groups in total. The van der Waals surface area contributed by atoms with Gasteiger partial charge >= 0.3 is 0 Å². The lowest BCUT2D eigenvalue weighted by atomic mass is 10.1. The molecule has 0 saturated carbocycles. The first-order valence-corrected chi connectivity index (χ1v) is 4.59. The fraction of sp³-hybridized carbons (Fsp3) is 0.625. The van der Waals surface area contributed by atoms with Crippen molar-refractivity contribution in [2.24, 2.45) is 7.05 Å². The van der Waals surface area contributed by atoms with Crippen molar-refractivity contribution in [3.63, 3.8) is 0 Å². The summed E-state index contributed by atoms with van der Waals surface area (Å²) in [5.41, 5.74) is 0. The highest BCUT2D eigenvalue weighted by molar-refractivity contribution is 6.17. The fourth-order valence-electron chi connectivity index (χ4n) is 1.10. The quantitative estimate of drug-likeness (QED) is 0.700.